The van der Waals surface area contributed by atoms with Crippen LogP contribution in [0.3, 0.4) is 0 Å². The van der Waals surface area contributed by atoms with E-state index in [4.69, 9.17) is 27.9 Å². The number of carbonyl (C=O) groups excluding carboxylic acids is 2. The molecule has 0 unspecified atom stereocenters. The third-order valence-corrected chi connectivity index (χ3v) is 7.34. The van der Waals surface area contributed by atoms with Crippen molar-refractivity contribution < 1.29 is 14.3 Å². The molecule has 188 valence electrons. The van der Waals surface area contributed by atoms with Crippen molar-refractivity contribution >= 4 is 52.7 Å². The first-order chi connectivity index (χ1) is 16.9. The highest BCUT2D eigenvalue weighted by atomic mass is 35.5. The number of ether oxygens (including phenoxy) is 1. The first-order valence-corrected chi connectivity index (χ1v) is 13.6. The van der Waals surface area contributed by atoms with Gasteiger partial charge in [-0.05, 0) is 62.4 Å². The Bertz CT molecular complexity index is 1060. The second-order valence-corrected chi connectivity index (χ2v) is 9.96. The van der Waals surface area contributed by atoms with E-state index in [9.17, 15) is 9.59 Å². The summed E-state index contributed by atoms with van der Waals surface area (Å²) in [5.74, 6) is 0.543. The second kappa shape index (κ2) is 13.8. The Morgan fingerprint density at radius 1 is 1.17 bits per heavy atom. The first-order valence-electron chi connectivity index (χ1n) is 11.6. The highest BCUT2D eigenvalue weighted by molar-refractivity contribution is 7.98. The van der Waals surface area contributed by atoms with E-state index >= 15 is 0 Å². The van der Waals surface area contributed by atoms with Gasteiger partial charge >= 0.3 is 0 Å². The highest BCUT2D eigenvalue weighted by Gasteiger charge is 2.21. The summed E-state index contributed by atoms with van der Waals surface area (Å²) in [5, 5.41) is 6.94. The highest BCUT2D eigenvalue weighted by Crippen LogP contribution is 2.28. The minimum Gasteiger partial charge on any atom is -0.490 e. The van der Waals surface area contributed by atoms with Crippen LogP contribution in [0.15, 0.2) is 47.5 Å². The van der Waals surface area contributed by atoms with Crippen molar-refractivity contribution in [2.24, 2.45) is 0 Å². The van der Waals surface area contributed by atoms with Crippen molar-refractivity contribution in [3.05, 3.63) is 63.8 Å². The fourth-order valence-corrected chi connectivity index (χ4v) is 4.73. The quantitative estimate of drug-likeness (QED) is 0.180. The molecule has 3 rings (SSSR count). The predicted octanol–water partition coefficient (Wildman–Crippen LogP) is 5.14. The molecule has 9 heteroatoms. The lowest BCUT2D eigenvalue weighted by molar-refractivity contribution is -0.115. The Labute approximate surface area is 221 Å². The second-order valence-electron chi connectivity index (χ2n) is 8.26. The maximum Gasteiger partial charge on any atom is 0.253 e. The number of benzene rings is 2. The van der Waals surface area contributed by atoms with Crippen LogP contribution in [0.25, 0.3) is 5.57 Å². The average molecular weight is 537 g/mol. The van der Waals surface area contributed by atoms with Crippen molar-refractivity contribution in [1.29, 1.82) is 0 Å². The molecule has 35 heavy (non-hydrogen) atoms. The van der Waals surface area contributed by atoms with E-state index in [-0.39, 0.29) is 12.0 Å². The molecule has 1 aliphatic heterocycles. The number of nitrogens with zero attached hydrogens (tertiary/aromatic N) is 1. The summed E-state index contributed by atoms with van der Waals surface area (Å²) in [6, 6.07) is 10.9. The van der Waals surface area contributed by atoms with Crippen LogP contribution in [0.5, 0.6) is 5.75 Å². The fourth-order valence-electron chi connectivity index (χ4n) is 4.00. The summed E-state index contributed by atoms with van der Waals surface area (Å²) in [6.45, 7) is 3.33. The molecule has 1 heterocycles. The lowest BCUT2D eigenvalue weighted by Gasteiger charge is -2.32. The third kappa shape index (κ3) is 7.90. The lowest BCUT2D eigenvalue weighted by atomic mass is 10.0. The van der Waals surface area contributed by atoms with E-state index in [1.165, 1.54) is 0 Å². The van der Waals surface area contributed by atoms with Gasteiger partial charge in [-0.2, -0.15) is 0 Å². The van der Waals surface area contributed by atoms with Gasteiger partial charge in [-0.15, -0.1) is 11.8 Å². The number of thioether (sulfide) groups is 1. The molecule has 0 radical (unpaired) electrons. The monoisotopic (exact) mass is 535 g/mol. The van der Waals surface area contributed by atoms with Crippen molar-refractivity contribution in [1.82, 2.24) is 15.5 Å². The summed E-state index contributed by atoms with van der Waals surface area (Å²) in [5.41, 5.74) is 1.57. The minimum absolute atomic E-state index is 0.154. The van der Waals surface area contributed by atoms with Crippen LogP contribution in [0.4, 0.5) is 0 Å². The van der Waals surface area contributed by atoms with Gasteiger partial charge < -0.3 is 20.3 Å². The number of amides is 1. The molecule has 6 nitrogen and oxygen atoms in total. The molecule has 0 bridgehead atoms. The number of hydrogen-bond acceptors (Lipinski definition) is 6. The maximum absolute atomic E-state index is 12.9. The molecule has 2 aromatic carbocycles. The van der Waals surface area contributed by atoms with Crippen LogP contribution >= 0.6 is 35.0 Å². The van der Waals surface area contributed by atoms with E-state index < -0.39 is 0 Å². The Morgan fingerprint density at radius 3 is 2.60 bits per heavy atom. The van der Waals surface area contributed by atoms with Crippen LogP contribution in [-0.4, -0.2) is 62.7 Å². The largest absolute Gasteiger partial charge is 0.490 e. The number of likely N-dealkylation sites (tertiary alicyclic amines) is 1. The van der Waals surface area contributed by atoms with Gasteiger partial charge in [0.15, 0.2) is 6.29 Å². The number of hydrogen-bond donors (Lipinski definition) is 2. The lowest BCUT2D eigenvalue weighted by Crippen LogP contribution is -2.39. The number of carbonyl (C=O) groups is 2. The van der Waals surface area contributed by atoms with Gasteiger partial charge in [0.25, 0.3) is 5.91 Å². The topological polar surface area (TPSA) is 70.7 Å². The maximum atomic E-state index is 12.9. The Kier molecular flexibility index (Phi) is 10.8. The minimum atomic E-state index is -0.200. The van der Waals surface area contributed by atoms with Crippen LogP contribution in [-0.2, 0) is 4.79 Å². The van der Waals surface area contributed by atoms with Crippen LogP contribution < -0.4 is 15.4 Å². The molecule has 2 aromatic rings. The zero-order valence-electron chi connectivity index (χ0n) is 20.0. The Hall–Kier alpha value is -2.19. The van der Waals surface area contributed by atoms with E-state index in [0.717, 1.165) is 55.8 Å². The zero-order chi connectivity index (χ0) is 25.2. The fraction of sp³-hybridized carbons (Fsp3) is 0.385. The number of aldehydes is 1. The molecule has 2 N–H and O–H groups in total. The van der Waals surface area contributed by atoms with Crippen LogP contribution in [0, 0.1) is 0 Å². The first kappa shape index (κ1) is 27.4. The summed E-state index contributed by atoms with van der Waals surface area (Å²) in [7, 11) is 1.74. The molecular formula is C26H31Cl2N3O3S. The zero-order valence-corrected chi connectivity index (χ0v) is 22.3. The molecule has 1 aliphatic rings. The molecule has 1 saturated heterocycles. The van der Waals surface area contributed by atoms with E-state index in [2.05, 4.69) is 15.5 Å². The molecule has 0 spiro atoms. The molecule has 1 amide bonds. The summed E-state index contributed by atoms with van der Waals surface area (Å²) >= 11 is 13.6. The van der Waals surface area contributed by atoms with E-state index in [1.54, 1.807) is 43.2 Å². The van der Waals surface area contributed by atoms with Gasteiger partial charge in [0.05, 0.1) is 15.6 Å². The number of piperidine rings is 1. The summed E-state index contributed by atoms with van der Waals surface area (Å²) in [4.78, 5) is 27.8. The third-order valence-electron chi connectivity index (χ3n) is 5.88. The Balaban J connectivity index is 1.45. The summed E-state index contributed by atoms with van der Waals surface area (Å²) < 4.78 is 6.06. The number of rotatable bonds is 11. The molecule has 0 atom stereocenters. The standard InChI is InChI=1S/C26H31Cl2N3O3S/c1-29-16-23(22-15-21(35-2)6-4-18(22)17-32)26(33)30-10-3-11-31-12-8-19(9-13-31)34-20-5-7-24(27)25(28)14-20/h4-7,14-17,19,29H,3,8-13H2,1-2H3,(H,30,33)/b23-16+. The molecular weight excluding hydrogens is 505 g/mol. The Morgan fingerprint density at radius 2 is 1.94 bits per heavy atom. The average Bonchev–Trinajstić information content (AvgIpc) is 2.87. The SMILES string of the molecule is CN/C=C(/C(=O)NCCCN1CCC(Oc2ccc(Cl)c(Cl)c2)CC1)c1cc(SC)ccc1C=O. The number of nitrogens with one attached hydrogen (secondary N) is 2. The van der Waals surface area contributed by atoms with Crippen molar-refractivity contribution in [2.45, 2.75) is 30.3 Å². The van der Waals surface area contributed by atoms with Gasteiger partial charge in [0.1, 0.15) is 11.9 Å². The molecule has 0 saturated carbocycles. The van der Waals surface area contributed by atoms with Crippen molar-refractivity contribution in [2.75, 3.05) is 39.5 Å². The van der Waals surface area contributed by atoms with Crippen LogP contribution in [0.2, 0.25) is 10.0 Å². The van der Waals surface area contributed by atoms with E-state index in [0.29, 0.717) is 33.3 Å². The van der Waals surface area contributed by atoms with Gasteiger partial charge in [-0.3, -0.25) is 9.59 Å². The number of halogens is 2. The van der Waals surface area contributed by atoms with Gasteiger partial charge in [0.2, 0.25) is 0 Å². The van der Waals surface area contributed by atoms with Crippen molar-refractivity contribution in [3.8, 4) is 5.75 Å². The molecule has 0 aromatic heterocycles. The normalized spacial score (nSPS) is 15.0. The van der Waals surface area contributed by atoms with E-state index in [1.807, 2.05) is 24.5 Å². The summed E-state index contributed by atoms with van der Waals surface area (Å²) in [6.07, 6.45) is 7.24. The predicted molar refractivity (Wildman–Crippen MR) is 145 cm³/mol. The van der Waals surface area contributed by atoms with Gasteiger partial charge in [0, 0.05) is 55.0 Å². The van der Waals surface area contributed by atoms with Gasteiger partial charge in [-0.25, -0.2) is 0 Å². The van der Waals surface area contributed by atoms with Crippen LogP contribution in [0.1, 0.15) is 35.2 Å². The smallest absolute Gasteiger partial charge is 0.253 e. The van der Waals surface area contributed by atoms with Crippen molar-refractivity contribution in [3.63, 3.8) is 0 Å². The molecule has 0 aliphatic carbocycles. The molecule has 1 fully saturated rings. The van der Waals surface area contributed by atoms with Gasteiger partial charge in [-0.1, -0.05) is 23.2 Å².